The van der Waals surface area contributed by atoms with E-state index in [9.17, 15) is 10.1 Å². The van der Waals surface area contributed by atoms with Gasteiger partial charge in [-0.3, -0.25) is 0 Å². The molecule has 1 heterocycles. The van der Waals surface area contributed by atoms with Gasteiger partial charge in [0.1, 0.15) is 0 Å². The van der Waals surface area contributed by atoms with Crippen molar-refractivity contribution in [2.45, 2.75) is 0 Å². The van der Waals surface area contributed by atoms with Gasteiger partial charge in [0.25, 0.3) is 0 Å². The normalized spacial score (nSPS) is 11.0. The summed E-state index contributed by atoms with van der Waals surface area (Å²) >= 11 is 1.11. The molecule has 0 aliphatic carbocycles. The molecule has 0 atom stereocenters. The first-order valence-electron chi connectivity index (χ1n) is 4.68. The number of nitro groups is 1. The lowest BCUT2D eigenvalue weighted by molar-refractivity contribution is -0.384. The Labute approximate surface area is 94.3 Å². The molecule has 0 amide bonds. The second-order valence-electron chi connectivity index (χ2n) is 3.39. The molecule has 78 valence electrons. The van der Waals surface area contributed by atoms with E-state index in [0.717, 1.165) is 32.3 Å². The summed E-state index contributed by atoms with van der Waals surface area (Å²) in [6.45, 7) is 0. The van der Waals surface area contributed by atoms with Crippen LogP contribution in [0.25, 0.3) is 21.0 Å². The Morgan fingerprint density at radius 2 is 2.00 bits per heavy atom. The van der Waals surface area contributed by atoms with Crippen molar-refractivity contribution in [1.82, 2.24) is 4.98 Å². The smallest absolute Gasteiger partial charge is 0.357 e. The van der Waals surface area contributed by atoms with Crippen molar-refractivity contribution in [3.8, 4) is 0 Å². The Morgan fingerprint density at radius 1 is 1.19 bits per heavy atom. The van der Waals surface area contributed by atoms with E-state index >= 15 is 0 Å². The molecule has 0 saturated carbocycles. The lowest BCUT2D eigenvalue weighted by atomic mass is 10.1. The van der Waals surface area contributed by atoms with Crippen LogP contribution >= 0.6 is 11.3 Å². The molecule has 0 saturated heterocycles. The van der Waals surface area contributed by atoms with Crippen LogP contribution in [0.15, 0.2) is 36.4 Å². The first kappa shape index (κ1) is 9.23. The number of fused-ring (bicyclic) bond motifs is 3. The van der Waals surface area contributed by atoms with Crippen LogP contribution in [-0.4, -0.2) is 9.91 Å². The molecule has 1 aromatic heterocycles. The van der Waals surface area contributed by atoms with Crippen LogP contribution in [0.3, 0.4) is 0 Å². The number of thiazole rings is 1. The van der Waals surface area contributed by atoms with Crippen molar-refractivity contribution in [2.24, 2.45) is 0 Å². The van der Waals surface area contributed by atoms with Gasteiger partial charge in [-0.15, -0.1) is 0 Å². The van der Waals surface area contributed by atoms with Crippen LogP contribution in [0.2, 0.25) is 0 Å². The summed E-state index contributed by atoms with van der Waals surface area (Å²) in [5.41, 5.74) is 0.717. The molecule has 0 spiro atoms. The van der Waals surface area contributed by atoms with Crippen LogP contribution in [0, 0.1) is 10.1 Å². The third kappa shape index (κ3) is 1.25. The third-order valence-corrected chi connectivity index (χ3v) is 3.40. The van der Waals surface area contributed by atoms with Gasteiger partial charge >= 0.3 is 5.13 Å². The molecule has 0 fully saturated rings. The van der Waals surface area contributed by atoms with Crippen molar-refractivity contribution >= 4 is 37.5 Å². The highest BCUT2D eigenvalue weighted by Crippen LogP contribution is 2.32. The number of rotatable bonds is 1. The van der Waals surface area contributed by atoms with Crippen LogP contribution in [0.5, 0.6) is 0 Å². The minimum atomic E-state index is -0.445. The highest BCUT2D eigenvalue weighted by atomic mass is 32.1. The molecule has 0 N–H and O–H groups in total. The summed E-state index contributed by atoms with van der Waals surface area (Å²) in [7, 11) is 0. The summed E-state index contributed by atoms with van der Waals surface area (Å²) in [6.07, 6.45) is 0. The minimum absolute atomic E-state index is 0.0497. The maximum Gasteiger partial charge on any atom is 0.424 e. The van der Waals surface area contributed by atoms with Gasteiger partial charge in [-0.25, -0.2) is 0 Å². The zero-order valence-corrected chi connectivity index (χ0v) is 8.90. The van der Waals surface area contributed by atoms with E-state index in [1.807, 2.05) is 36.4 Å². The molecule has 0 aliphatic rings. The third-order valence-electron chi connectivity index (χ3n) is 2.43. The number of aromatic nitrogens is 1. The molecule has 3 aromatic rings. The molecule has 16 heavy (non-hydrogen) atoms. The Morgan fingerprint density at radius 3 is 2.81 bits per heavy atom. The van der Waals surface area contributed by atoms with E-state index in [-0.39, 0.29) is 5.13 Å². The zero-order chi connectivity index (χ0) is 11.1. The summed E-state index contributed by atoms with van der Waals surface area (Å²) in [5, 5.41) is 12.6. The number of benzene rings is 2. The van der Waals surface area contributed by atoms with Crippen molar-refractivity contribution in [3.63, 3.8) is 0 Å². The molecule has 2 aromatic carbocycles. The number of hydrogen-bond acceptors (Lipinski definition) is 4. The number of hydrogen-bond donors (Lipinski definition) is 0. The van der Waals surface area contributed by atoms with Gasteiger partial charge in [-0.2, -0.15) is 0 Å². The molecule has 0 radical (unpaired) electrons. The molecule has 3 rings (SSSR count). The lowest BCUT2D eigenvalue weighted by Gasteiger charge is -1.93. The fourth-order valence-electron chi connectivity index (χ4n) is 1.73. The lowest BCUT2D eigenvalue weighted by Crippen LogP contribution is -1.84. The predicted octanol–water partition coefficient (Wildman–Crippen LogP) is 3.36. The zero-order valence-electron chi connectivity index (χ0n) is 8.08. The molecule has 4 nitrogen and oxygen atoms in total. The van der Waals surface area contributed by atoms with Gasteiger partial charge in [0, 0.05) is 5.39 Å². The Bertz CT molecular complexity index is 705. The van der Waals surface area contributed by atoms with Crippen LogP contribution < -0.4 is 0 Å². The number of nitrogens with zero attached hydrogens (tertiary/aromatic N) is 2. The minimum Gasteiger partial charge on any atom is -0.357 e. The Hall–Kier alpha value is -2.01. The van der Waals surface area contributed by atoms with Crippen molar-refractivity contribution < 1.29 is 4.92 Å². The van der Waals surface area contributed by atoms with Crippen molar-refractivity contribution in [1.29, 1.82) is 0 Å². The Balaban J connectivity index is 2.46. The highest BCUT2D eigenvalue weighted by molar-refractivity contribution is 7.21. The monoisotopic (exact) mass is 230 g/mol. The standard InChI is InChI=1S/C11H6N2O2S/c14-13(15)11-12-10-8-4-2-1-3-7(8)5-6-9(10)16-11/h1-6H. The highest BCUT2D eigenvalue weighted by Gasteiger charge is 2.16. The van der Waals surface area contributed by atoms with Gasteiger partial charge in [0.05, 0.1) is 4.70 Å². The fourth-order valence-corrected chi connectivity index (χ4v) is 2.52. The molecule has 0 bridgehead atoms. The van der Waals surface area contributed by atoms with Gasteiger partial charge < -0.3 is 10.1 Å². The molecule has 5 heteroatoms. The predicted molar refractivity (Wildman–Crippen MR) is 63.8 cm³/mol. The fraction of sp³-hybridized carbons (Fsp3) is 0. The summed E-state index contributed by atoms with van der Waals surface area (Å²) in [5.74, 6) is 0. The first-order chi connectivity index (χ1) is 7.75. The van der Waals surface area contributed by atoms with Gasteiger partial charge in [0.2, 0.25) is 5.52 Å². The van der Waals surface area contributed by atoms with E-state index in [1.165, 1.54) is 0 Å². The van der Waals surface area contributed by atoms with Crippen LogP contribution in [0.1, 0.15) is 0 Å². The molecular weight excluding hydrogens is 224 g/mol. The maximum absolute atomic E-state index is 10.7. The average molecular weight is 230 g/mol. The SMILES string of the molecule is O=[N+]([O-])c1nc2c(ccc3ccccc32)s1. The van der Waals surface area contributed by atoms with Crippen LogP contribution in [0.4, 0.5) is 5.13 Å². The van der Waals surface area contributed by atoms with E-state index in [4.69, 9.17) is 0 Å². The summed E-state index contributed by atoms with van der Waals surface area (Å²) < 4.78 is 0.852. The second-order valence-corrected chi connectivity index (χ2v) is 4.40. The molecular formula is C11H6N2O2S. The summed E-state index contributed by atoms with van der Waals surface area (Å²) in [6, 6.07) is 11.6. The van der Waals surface area contributed by atoms with Gasteiger partial charge in [-0.05, 0) is 38.8 Å². The average Bonchev–Trinajstić information content (AvgIpc) is 2.73. The molecule has 0 unspecified atom stereocenters. The largest absolute Gasteiger partial charge is 0.424 e. The maximum atomic E-state index is 10.7. The Kier molecular flexibility index (Phi) is 1.87. The van der Waals surface area contributed by atoms with E-state index < -0.39 is 4.92 Å². The van der Waals surface area contributed by atoms with Gasteiger partial charge in [-0.1, -0.05) is 24.3 Å². The van der Waals surface area contributed by atoms with E-state index in [2.05, 4.69) is 4.98 Å². The van der Waals surface area contributed by atoms with E-state index in [0.29, 0.717) is 0 Å². The van der Waals surface area contributed by atoms with E-state index in [1.54, 1.807) is 0 Å². The summed E-state index contributed by atoms with van der Waals surface area (Å²) in [4.78, 5) is 14.3. The topological polar surface area (TPSA) is 56.0 Å². The van der Waals surface area contributed by atoms with Crippen LogP contribution in [-0.2, 0) is 0 Å². The molecule has 0 aliphatic heterocycles. The quantitative estimate of drug-likeness (QED) is 0.475. The van der Waals surface area contributed by atoms with Crippen molar-refractivity contribution in [3.05, 3.63) is 46.5 Å². The first-order valence-corrected chi connectivity index (χ1v) is 5.50. The second kappa shape index (κ2) is 3.24. The van der Waals surface area contributed by atoms with Crippen molar-refractivity contribution in [2.75, 3.05) is 0 Å². The van der Waals surface area contributed by atoms with Gasteiger partial charge in [0.15, 0.2) is 0 Å².